The van der Waals surface area contributed by atoms with E-state index in [0.29, 0.717) is 12.5 Å². The minimum Gasteiger partial charge on any atom is -0.394 e. The van der Waals surface area contributed by atoms with Gasteiger partial charge in [-0.05, 0) is 63.5 Å². The largest absolute Gasteiger partial charge is 0.394 e. The molecule has 0 radical (unpaired) electrons. The van der Waals surface area contributed by atoms with Crippen molar-refractivity contribution in [1.82, 2.24) is 10.2 Å². The van der Waals surface area contributed by atoms with Crippen molar-refractivity contribution in [2.24, 2.45) is 11.8 Å². The maximum Gasteiger partial charge on any atom is 0.0628 e. The molecule has 3 fully saturated rings. The van der Waals surface area contributed by atoms with Crippen LogP contribution in [0.5, 0.6) is 0 Å². The Morgan fingerprint density at radius 1 is 1.10 bits per heavy atom. The number of fused-ring (bicyclic) bond motifs is 1. The van der Waals surface area contributed by atoms with Gasteiger partial charge in [-0.15, -0.1) is 0 Å². The molecule has 0 aromatic carbocycles. The Balaban J connectivity index is 1.70. The van der Waals surface area contributed by atoms with E-state index in [0.717, 1.165) is 25.0 Å². The summed E-state index contributed by atoms with van der Waals surface area (Å²) in [4.78, 5) is 2.74. The number of aliphatic hydroxyl groups excluding tert-OH is 1. The van der Waals surface area contributed by atoms with Gasteiger partial charge in [-0.3, -0.25) is 4.90 Å². The van der Waals surface area contributed by atoms with Crippen LogP contribution in [-0.4, -0.2) is 47.8 Å². The number of piperidine rings is 1. The van der Waals surface area contributed by atoms with Crippen LogP contribution in [0.2, 0.25) is 0 Å². The van der Waals surface area contributed by atoms with E-state index in [1.807, 2.05) is 0 Å². The highest BCUT2D eigenvalue weighted by Crippen LogP contribution is 2.42. The molecule has 1 heterocycles. The average Bonchev–Trinajstić information content (AvgIpc) is 3.32. The highest BCUT2D eigenvalue weighted by molar-refractivity contribution is 5.04. The van der Waals surface area contributed by atoms with Gasteiger partial charge in [0.2, 0.25) is 0 Å². The smallest absolute Gasteiger partial charge is 0.0628 e. The SMILES string of the molecule is CCNC(CO)(CN1CCCC2CCCCC21)C1CC1. The van der Waals surface area contributed by atoms with Gasteiger partial charge < -0.3 is 10.4 Å². The summed E-state index contributed by atoms with van der Waals surface area (Å²) in [5, 5.41) is 13.7. The van der Waals surface area contributed by atoms with Gasteiger partial charge in [-0.25, -0.2) is 0 Å². The Kier molecular flexibility index (Phi) is 4.68. The zero-order valence-electron chi connectivity index (χ0n) is 13.1. The summed E-state index contributed by atoms with van der Waals surface area (Å²) in [5.41, 5.74) is -0.0198. The van der Waals surface area contributed by atoms with Gasteiger partial charge in [0.05, 0.1) is 12.1 Å². The molecule has 3 unspecified atom stereocenters. The van der Waals surface area contributed by atoms with Crippen molar-refractivity contribution in [1.29, 1.82) is 0 Å². The summed E-state index contributed by atoms with van der Waals surface area (Å²) in [5.74, 6) is 1.64. The fourth-order valence-electron chi connectivity index (χ4n) is 4.84. The Bertz CT molecular complexity index is 316. The fraction of sp³-hybridized carbons (Fsp3) is 1.00. The lowest BCUT2D eigenvalue weighted by Crippen LogP contribution is -2.61. The quantitative estimate of drug-likeness (QED) is 0.784. The topological polar surface area (TPSA) is 35.5 Å². The predicted molar refractivity (Wildman–Crippen MR) is 82.8 cm³/mol. The third-order valence-electron chi connectivity index (χ3n) is 6.01. The Labute approximate surface area is 124 Å². The highest BCUT2D eigenvalue weighted by Gasteiger charge is 2.47. The molecule has 2 saturated carbocycles. The van der Waals surface area contributed by atoms with E-state index in [1.54, 1.807) is 0 Å². The minimum atomic E-state index is -0.0198. The van der Waals surface area contributed by atoms with Crippen LogP contribution in [0.1, 0.15) is 58.3 Å². The van der Waals surface area contributed by atoms with Gasteiger partial charge in [0.25, 0.3) is 0 Å². The molecule has 0 bridgehead atoms. The van der Waals surface area contributed by atoms with Crippen molar-refractivity contribution in [3.63, 3.8) is 0 Å². The van der Waals surface area contributed by atoms with Crippen molar-refractivity contribution < 1.29 is 5.11 Å². The maximum atomic E-state index is 10.1. The van der Waals surface area contributed by atoms with Gasteiger partial charge in [-0.1, -0.05) is 19.8 Å². The second kappa shape index (κ2) is 6.33. The zero-order valence-corrected chi connectivity index (χ0v) is 13.1. The molecule has 1 aliphatic heterocycles. The number of aliphatic hydroxyl groups is 1. The average molecular weight is 280 g/mol. The standard InChI is InChI=1S/C17H32N2O/c1-2-18-17(13-20,15-9-10-15)12-19-11-5-7-14-6-3-4-8-16(14)19/h14-16,18,20H,2-13H2,1H3. The molecule has 2 aliphatic carbocycles. The van der Waals surface area contributed by atoms with Crippen LogP contribution in [0.3, 0.4) is 0 Å². The maximum absolute atomic E-state index is 10.1. The first kappa shape index (κ1) is 14.8. The third-order valence-corrected chi connectivity index (χ3v) is 6.01. The summed E-state index contributed by atoms with van der Waals surface area (Å²) in [6.07, 6.45) is 11.1. The van der Waals surface area contributed by atoms with Crippen molar-refractivity contribution in [2.75, 3.05) is 26.2 Å². The van der Waals surface area contributed by atoms with E-state index in [9.17, 15) is 5.11 Å². The van der Waals surface area contributed by atoms with Crippen molar-refractivity contribution >= 4 is 0 Å². The molecule has 2 N–H and O–H groups in total. The monoisotopic (exact) mass is 280 g/mol. The summed E-state index contributed by atoms with van der Waals surface area (Å²) in [6.45, 7) is 5.77. The van der Waals surface area contributed by atoms with Gasteiger partial charge in [0, 0.05) is 12.6 Å². The molecule has 20 heavy (non-hydrogen) atoms. The lowest BCUT2D eigenvalue weighted by atomic mass is 9.77. The minimum absolute atomic E-state index is 0.0198. The number of likely N-dealkylation sites (tertiary alicyclic amines) is 1. The molecule has 0 spiro atoms. The van der Waals surface area contributed by atoms with Crippen LogP contribution >= 0.6 is 0 Å². The van der Waals surface area contributed by atoms with E-state index < -0.39 is 0 Å². The number of nitrogens with one attached hydrogen (secondary N) is 1. The molecular weight excluding hydrogens is 248 g/mol. The summed E-state index contributed by atoms with van der Waals surface area (Å²) >= 11 is 0. The highest BCUT2D eigenvalue weighted by atomic mass is 16.3. The van der Waals surface area contributed by atoms with Crippen molar-refractivity contribution in [3.05, 3.63) is 0 Å². The first-order valence-corrected chi connectivity index (χ1v) is 8.89. The second-order valence-corrected chi connectivity index (χ2v) is 7.34. The second-order valence-electron chi connectivity index (χ2n) is 7.34. The normalized spacial score (nSPS) is 34.5. The Hall–Kier alpha value is -0.120. The molecule has 0 amide bonds. The van der Waals surface area contributed by atoms with Gasteiger partial charge in [0.15, 0.2) is 0 Å². The molecular formula is C17H32N2O. The van der Waals surface area contributed by atoms with E-state index in [-0.39, 0.29) is 5.54 Å². The molecule has 3 heteroatoms. The molecule has 3 rings (SSSR count). The lowest BCUT2D eigenvalue weighted by Gasteiger charge is -2.48. The zero-order chi connectivity index (χ0) is 14.0. The van der Waals surface area contributed by atoms with Gasteiger partial charge in [0.1, 0.15) is 0 Å². The molecule has 0 aromatic rings. The molecule has 3 nitrogen and oxygen atoms in total. The third kappa shape index (κ3) is 2.90. The Morgan fingerprint density at radius 2 is 1.85 bits per heavy atom. The van der Waals surface area contributed by atoms with Crippen LogP contribution in [0.4, 0.5) is 0 Å². The number of likely N-dealkylation sites (N-methyl/N-ethyl adjacent to an activating group) is 1. The van der Waals surface area contributed by atoms with Crippen molar-refractivity contribution in [2.45, 2.75) is 69.9 Å². The van der Waals surface area contributed by atoms with Crippen LogP contribution in [0, 0.1) is 11.8 Å². The number of hydrogen-bond acceptors (Lipinski definition) is 3. The fourth-order valence-corrected chi connectivity index (χ4v) is 4.84. The number of rotatable bonds is 6. The van der Waals surface area contributed by atoms with E-state index >= 15 is 0 Å². The molecule has 1 saturated heterocycles. The molecule has 3 aliphatic rings. The van der Waals surface area contributed by atoms with Crippen LogP contribution < -0.4 is 5.32 Å². The summed E-state index contributed by atoms with van der Waals surface area (Å²) in [7, 11) is 0. The predicted octanol–water partition coefficient (Wildman–Crippen LogP) is 2.39. The number of nitrogens with zero attached hydrogens (tertiary/aromatic N) is 1. The lowest BCUT2D eigenvalue weighted by molar-refractivity contribution is 0.0140. The first-order valence-electron chi connectivity index (χ1n) is 8.89. The molecule has 3 atom stereocenters. The summed E-state index contributed by atoms with van der Waals surface area (Å²) in [6, 6.07) is 0.806. The Morgan fingerprint density at radius 3 is 2.55 bits per heavy atom. The van der Waals surface area contributed by atoms with Crippen molar-refractivity contribution in [3.8, 4) is 0 Å². The van der Waals surface area contributed by atoms with Gasteiger partial charge >= 0.3 is 0 Å². The summed E-state index contributed by atoms with van der Waals surface area (Å²) < 4.78 is 0. The van der Waals surface area contributed by atoms with Crippen LogP contribution in [0.15, 0.2) is 0 Å². The van der Waals surface area contributed by atoms with E-state index in [4.69, 9.17) is 0 Å². The van der Waals surface area contributed by atoms with Gasteiger partial charge in [-0.2, -0.15) is 0 Å². The van der Waals surface area contributed by atoms with Crippen LogP contribution in [0.25, 0.3) is 0 Å². The molecule has 116 valence electrons. The van der Waals surface area contributed by atoms with E-state index in [1.165, 1.54) is 57.9 Å². The number of hydrogen-bond donors (Lipinski definition) is 2. The molecule has 0 aromatic heterocycles. The first-order chi connectivity index (χ1) is 9.79. The van der Waals surface area contributed by atoms with E-state index in [2.05, 4.69) is 17.1 Å². The van der Waals surface area contributed by atoms with Crippen LogP contribution in [-0.2, 0) is 0 Å².